The van der Waals surface area contributed by atoms with Crippen LogP contribution in [-0.4, -0.2) is 69.2 Å². The third-order valence-electron chi connectivity index (χ3n) is 16.1. The number of carbonyl (C=O) groups is 4. The number of carboxylic acids is 2. The second-order valence-electron chi connectivity index (χ2n) is 22.9. The summed E-state index contributed by atoms with van der Waals surface area (Å²) in [7, 11) is 0. The third kappa shape index (κ3) is 15.1. The molecular formula is C70H68N6O9S2V. The molecule has 4 aromatic carbocycles. The van der Waals surface area contributed by atoms with E-state index in [1.165, 1.54) is 0 Å². The molecule has 2 aliphatic heterocycles. The van der Waals surface area contributed by atoms with Crippen LogP contribution in [0.15, 0.2) is 164 Å². The number of aromatic nitrogens is 2. The fourth-order valence-electron chi connectivity index (χ4n) is 12.8. The second-order valence-corrected chi connectivity index (χ2v) is 24.8. The number of benzene rings is 4. The molecule has 0 bridgehead atoms. The van der Waals surface area contributed by atoms with Gasteiger partial charge in [0.25, 0.3) is 0 Å². The average molecular weight is 1250 g/mol. The summed E-state index contributed by atoms with van der Waals surface area (Å²) in [4.78, 5) is 73.4. The molecule has 4 aliphatic rings. The summed E-state index contributed by atoms with van der Waals surface area (Å²) < 4.78 is 20.7. The number of allylic oxidation sites excluding steroid dienone is 2. The number of aliphatic carboxylic acids is 2. The van der Waals surface area contributed by atoms with Crippen LogP contribution in [0.4, 0.5) is 5.69 Å². The van der Waals surface area contributed by atoms with Gasteiger partial charge < -0.3 is 29.7 Å². The second kappa shape index (κ2) is 30.1. The molecule has 15 nitrogen and oxygen atoms in total. The third-order valence-corrected chi connectivity index (χ3v) is 18.0. The van der Waals surface area contributed by atoms with E-state index in [0.29, 0.717) is 101 Å². The van der Waals surface area contributed by atoms with Gasteiger partial charge in [0.2, 0.25) is 0 Å². The summed E-state index contributed by atoms with van der Waals surface area (Å²) >= 11 is 3.08. The summed E-state index contributed by atoms with van der Waals surface area (Å²) in [6, 6.07) is 40.3. The Morgan fingerprint density at radius 1 is 0.591 bits per heavy atom. The van der Waals surface area contributed by atoms with E-state index in [9.17, 15) is 34.7 Å². The van der Waals surface area contributed by atoms with Gasteiger partial charge in [0.05, 0.1) is 63.7 Å². The number of ether oxygens (including phenoxy) is 2. The van der Waals surface area contributed by atoms with Crippen molar-refractivity contribution in [3.8, 4) is 28.3 Å². The van der Waals surface area contributed by atoms with Crippen LogP contribution in [0.1, 0.15) is 109 Å². The van der Waals surface area contributed by atoms with E-state index in [4.69, 9.17) is 39.7 Å². The standard InChI is InChI=1S/2C35H35N3O4S.O.V/c1-20-16-21(2)33(22(3)17-20)42-35(41)29-23(4)37-26(30(29)24-12-8-6-9-13-24)18-27-31(25-14-10-7-11-15-25)32(36-5)34(38-27)43-19-28(39)40;1-20-15-21(2)33(22(3)16-20)42-35(41)30-23(4)37-28(32(30)25-13-9-6-10-14-25)17-27-31(24-11-7-5-8-12-24)26(18-36)34(38-27)43-19-29(39)40;;/h6-15,18,20-22,33H,16-17,19H2,1-4H3,(H2,37,38,39,40,41);5-14,17,20-22,33,36H,15-16,19H2,1-4H3,(H,39,40);;/q;;;+2/p-2/b;28-17-;;. The topological polar surface area (TPSA) is 225 Å². The molecular weight excluding hydrogens is 1180 g/mol. The molecule has 10 rings (SSSR count). The Balaban J connectivity index is 0.000000222. The summed E-state index contributed by atoms with van der Waals surface area (Å²) in [5, 5.41) is 29.4. The zero-order chi connectivity index (χ0) is 63.3. The van der Waals surface area contributed by atoms with E-state index < -0.39 is 17.9 Å². The fourth-order valence-corrected chi connectivity index (χ4v) is 14.2. The van der Waals surface area contributed by atoms with Crippen LogP contribution < -0.4 is 9.97 Å². The number of thioether (sulfide) groups is 2. The molecule has 88 heavy (non-hydrogen) atoms. The van der Waals surface area contributed by atoms with Crippen molar-refractivity contribution in [2.45, 2.75) is 103 Å². The van der Waals surface area contributed by atoms with Crippen LogP contribution in [0, 0.1) is 53.4 Å². The molecule has 4 heterocycles. The van der Waals surface area contributed by atoms with E-state index in [2.05, 4.69) is 52.5 Å². The number of aliphatic imine (C=N–C) groups is 2. The van der Waals surface area contributed by atoms with Crippen LogP contribution in [0.3, 0.4) is 0 Å². The Kier molecular flexibility index (Phi) is 22.4. The van der Waals surface area contributed by atoms with Crippen molar-refractivity contribution in [1.82, 2.24) is 9.97 Å². The van der Waals surface area contributed by atoms with Crippen LogP contribution >= 0.6 is 23.5 Å². The van der Waals surface area contributed by atoms with Crippen molar-refractivity contribution in [1.29, 1.82) is 5.26 Å². The quantitative estimate of drug-likeness (QED) is 0.0522. The molecule has 4 unspecified atom stereocenters. The van der Waals surface area contributed by atoms with Gasteiger partial charge in [-0.15, -0.1) is 23.1 Å². The molecule has 18 heteroatoms. The van der Waals surface area contributed by atoms with Crippen LogP contribution in [0.5, 0.6) is 0 Å². The summed E-state index contributed by atoms with van der Waals surface area (Å²) in [6.07, 6.45) is 7.28. The Bertz CT molecular complexity index is 3580. The van der Waals surface area contributed by atoms with Crippen molar-refractivity contribution in [2.24, 2.45) is 45.5 Å². The van der Waals surface area contributed by atoms with Crippen LogP contribution in [-0.2, 0) is 49.7 Å². The Hall–Kier alpha value is -8.32. The fraction of sp³-hybridized carbons (Fsp3) is 0.314. The number of carbonyl (C=O) groups excluding carboxylic acids is 2. The van der Waals surface area contributed by atoms with E-state index >= 15 is 0 Å². The first-order chi connectivity index (χ1) is 42.3. The van der Waals surface area contributed by atoms with Crippen LogP contribution in [0.25, 0.3) is 50.4 Å². The molecule has 2 saturated carbocycles. The molecule has 2 aliphatic carbocycles. The number of hydrogen-bond acceptors (Lipinski definition) is 12. The molecule has 0 amide bonds. The van der Waals surface area contributed by atoms with Crippen molar-refractivity contribution in [3.05, 3.63) is 183 Å². The number of carboxylic acid groups (broad SMARTS) is 2. The van der Waals surface area contributed by atoms with E-state index in [-0.39, 0.29) is 53.4 Å². The van der Waals surface area contributed by atoms with E-state index in [0.717, 1.165) is 88.8 Å². The number of hydrogen-bond donors (Lipinski definition) is 2. The van der Waals surface area contributed by atoms with Crippen molar-refractivity contribution in [3.63, 3.8) is 0 Å². The first-order valence-corrected chi connectivity index (χ1v) is 31.6. The number of esters is 2. The zero-order valence-electron chi connectivity index (χ0n) is 50.3. The monoisotopic (exact) mass is 1250 g/mol. The first kappa shape index (κ1) is 65.7. The van der Waals surface area contributed by atoms with Gasteiger partial charge in [-0.25, -0.2) is 14.4 Å². The Labute approximate surface area is 531 Å². The van der Waals surface area contributed by atoms with Gasteiger partial charge in [-0.3, -0.25) is 19.6 Å². The first-order valence-electron chi connectivity index (χ1n) is 29.1. The molecule has 4 atom stereocenters. The van der Waals surface area contributed by atoms with Gasteiger partial charge in [0.15, 0.2) is 5.69 Å². The van der Waals surface area contributed by atoms with E-state index in [1.54, 1.807) is 12.2 Å². The zero-order valence-corrected chi connectivity index (χ0v) is 53.3. The van der Waals surface area contributed by atoms with Crippen molar-refractivity contribution in [2.75, 3.05) is 11.5 Å². The van der Waals surface area contributed by atoms with Gasteiger partial charge in [0, 0.05) is 11.1 Å². The van der Waals surface area contributed by atoms with Gasteiger partial charge in [-0.05, 0) is 114 Å². The summed E-state index contributed by atoms with van der Waals surface area (Å²) in [6.45, 7) is 24.6. The SMILES string of the molecule is CC1=N/C(=C\c2[n-]c(SCC(=O)O)c(C#N)c2-c2ccccc2)C(c2ccccc2)=C1C(=O)OC1C(C)CC(C)CC1C.[C-]#[N+]c1c(SCC(=O)O)[n-]c(/C=C2\N=C(C)C(C(=O)OC3C(C)CC(C)CC3C)=C2c2ccccc2)c1-c1ccccc1.[O]=[V+2]. The maximum atomic E-state index is 13.9. The number of nitrogens with zero attached hydrogens (tertiary/aromatic N) is 6. The molecule has 2 aromatic heterocycles. The predicted octanol–water partition coefficient (Wildman–Crippen LogP) is 15.0. The number of rotatable bonds is 16. The minimum absolute atomic E-state index is 0.175. The number of nitriles is 1. The van der Waals surface area contributed by atoms with E-state index in [1.807, 2.05) is 135 Å². The Morgan fingerprint density at radius 3 is 1.30 bits per heavy atom. The Morgan fingerprint density at radius 2 is 0.932 bits per heavy atom. The summed E-state index contributed by atoms with van der Waals surface area (Å²) in [5.41, 5.74) is 10.3. The molecule has 2 N–H and O–H groups in total. The van der Waals surface area contributed by atoms with Crippen molar-refractivity contribution < 1.29 is 59.9 Å². The minimum atomic E-state index is -0.998. The van der Waals surface area contributed by atoms with Gasteiger partial charge in [0.1, 0.15) is 12.2 Å². The molecule has 449 valence electrons. The molecule has 6 aromatic rings. The molecule has 2 fully saturated rings. The maximum absolute atomic E-state index is 13.9. The van der Waals surface area contributed by atoms with Gasteiger partial charge in [-0.2, -0.15) is 17.0 Å². The normalized spacial score (nSPS) is 22.3. The van der Waals surface area contributed by atoms with Gasteiger partial charge >= 0.3 is 44.9 Å². The van der Waals surface area contributed by atoms with Crippen molar-refractivity contribution >= 4 is 87.8 Å². The molecule has 0 saturated heterocycles. The predicted molar refractivity (Wildman–Crippen MR) is 341 cm³/mol. The molecule has 0 spiro atoms. The van der Waals surface area contributed by atoms with Crippen LogP contribution in [0.2, 0.25) is 0 Å². The van der Waals surface area contributed by atoms with Gasteiger partial charge in [-0.1, -0.05) is 179 Å². The average Bonchev–Trinajstić information content (AvgIpc) is 4.13. The molecule has 0 radical (unpaired) electrons. The summed E-state index contributed by atoms with van der Waals surface area (Å²) in [5.74, 6) is -1.00.